The van der Waals surface area contributed by atoms with E-state index in [-0.39, 0.29) is 12.0 Å². The molecule has 116 valence electrons. The van der Waals surface area contributed by atoms with Gasteiger partial charge in [0.15, 0.2) is 0 Å². The number of nitrogens with one attached hydrogen (secondary N) is 1. The number of aliphatic carboxylic acids is 1. The summed E-state index contributed by atoms with van der Waals surface area (Å²) in [4.78, 5) is 24.7. The first-order valence-electron chi connectivity index (χ1n) is 7.27. The number of hydrogen-bond acceptors (Lipinski definition) is 3. The number of urea groups is 1. The molecule has 1 aliphatic carbocycles. The predicted molar refractivity (Wildman–Crippen MR) is 75.4 cm³/mol. The van der Waals surface area contributed by atoms with E-state index < -0.39 is 24.1 Å². The Morgan fingerprint density at radius 2 is 1.90 bits per heavy atom. The summed E-state index contributed by atoms with van der Waals surface area (Å²) in [6.45, 7) is 3.83. The van der Waals surface area contributed by atoms with Crippen LogP contribution in [0.2, 0.25) is 0 Å². The monoisotopic (exact) mass is 286 g/mol. The number of carboxylic acid groups (broad SMARTS) is 1. The van der Waals surface area contributed by atoms with Gasteiger partial charge in [0, 0.05) is 7.05 Å². The molecule has 0 aromatic carbocycles. The lowest BCUT2D eigenvalue weighted by atomic mass is 9.92. The Hall–Kier alpha value is -1.30. The van der Waals surface area contributed by atoms with Crippen LogP contribution in [-0.2, 0) is 4.79 Å². The molecule has 1 fully saturated rings. The fourth-order valence-corrected chi connectivity index (χ4v) is 2.64. The predicted octanol–water partition coefficient (Wildman–Crippen LogP) is 1.43. The van der Waals surface area contributed by atoms with Crippen molar-refractivity contribution in [1.82, 2.24) is 10.2 Å². The van der Waals surface area contributed by atoms with Gasteiger partial charge in [-0.05, 0) is 25.2 Å². The summed E-state index contributed by atoms with van der Waals surface area (Å²) in [5.41, 5.74) is 0. The SMILES string of the molecule is CC(C)C[C@@H](NC(=O)N(C)C1CCCCC1O)C(=O)O. The quantitative estimate of drug-likeness (QED) is 0.713. The van der Waals surface area contributed by atoms with Gasteiger partial charge in [0.05, 0.1) is 12.1 Å². The van der Waals surface area contributed by atoms with Crippen LogP contribution < -0.4 is 5.32 Å². The standard InChI is InChI=1S/C14H26N2O4/c1-9(2)8-10(13(18)19)15-14(20)16(3)11-6-4-5-7-12(11)17/h9-12,17H,4-8H2,1-3H3,(H,15,20)(H,18,19)/t10-,11?,12?/m1/s1. The number of carboxylic acids is 1. The van der Waals surface area contributed by atoms with E-state index in [1.54, 1.807) is 7.05 Å². The molecule has 1 rings (SSSR count). The molecule has 0 bridgehead atoms. The van der Waals surface area contributed by atoms with E-state index in [2.05, 4.69) is 5.32 Å². The molecule has 0 aliphatic heterocycles. The molecule has 20 heavy (non-hydrogen) atoms. The number of amides is 2. The number of hydrogen-bond donors (Lipinski definition) is 3. The average molecular weight is 286 g/mol. The topological polar surface area (TPSA) is 89.9 Å². The summed E-state index contributed by atoms with van der Waals surface area (Å²) < 4.78 is 0. The zero-order chi connectivity index (χ0) is 15.3. The highest BCUT2D eigenvalue weighted by Crippen LogP contribution is 2.22. The van der Waals surface area contributed by atoms with Gasteiger partial charge in [0.25, 0.3) is 0 Å². The molecule has 0 spiro atoms. The molecule has 0 aromatic heterocycles. The van der Waals surface area contributed by atoms with E-state index in [1.807, 2.05) is 13.8 Å². The number of aliphatic hydroxyl groups is 1. The second kappa shape index (κ2) is 7.47. The minimum atomic E-state index is -1.02. The summed E-state index contributed by atoms with van der Waals surface area (Å²) in [5, 5.41) is 21.6. The zero-order valence-corrected chi connectivity index (χ0v) is 12.5. The third-order valence-corrected chi connectivity index (χ3v) is 3.81. The van der Waals surface area contributed by atoms with Crippen LogP contribution in [0.3, 0.4) is 0 Å². The highest BCUT2D eigenvalue weighted by molar-refractivity contribution is 5.82. The number of likely N-dealkylation sites (N-methyl/N-ethyl adjacent to an activating group) is 1. The van der Waals surface area contributed by atoms with Crippen LogP contribution in [0.25, 0.3) is 0 Å². The van der Waals surface area contributed by atoms with Crippen LogP contribution >= 0.6 is 0 Å². The number of carbonyl (C=O) groups excluding carboxylic acids is 1. The zero-order valence-electron chi connectivity index (χ0n) is 12.5. The number of aliphatic hydroxyl groups excluding tert-OH is 1. The Morgan fingerprint density at radius 3 is 2.40 bits per heavy atom. The molecule has 6 nitrogen and oxygen atoms in total. The maximum absolute atomic E-state index is 12.1. The van der Waals surface area contributed by atoms with Crippen LogP contribution in [0.5, 0.6) is 0 Å². The van der Waals surface area contributed by atoms with E-state index in [0.29, 0.717) is 12.8 Å². The minimum Gasteiger partial charge on any atom is -0.480 e. The molecule has 0 aromatic rings. The Balaban J connectivity index is 2.60. The average Bonchev–Trinajstić information content (AvgIpc) is 2.37. The molecule has 3 atom stereocenters. The lowest BCUT2D eigenvalue weighted by Gasteiger charge is -2.35. The summed E-state index contributed by atoms with van der Waals surface area (Å²) in [6, 6.07) is -1.54. The molecule has 3 N–H and O–H groups in total. The van der Waals surface area contributed by atoms with Crippen LogP contribution in [0.1, 0.15) is 46.0 Å². The van der Waals surface area contributed by atoms with Gasteiger partial charge < -0.3 is 20.4 Å². The van der Waals surface area contributed by atoms with Crippen molar-refractivity contribution in [2.45, 2.75) is 64.1 Å². The molecular weight excluding hydrogens is 260 g/mol. The second-order valence-corrected chi connectivity index (χ2v) is 6.00. The van der Waals surface area contributed by atoms with E-state index in [0.717, 1.165) is 19.3 Å². The van der Waals surface area contributed by atoms with Gasteiger partial charge in [0.1, 0.15) is 6.04 Å². The van der Waals surface area contributed by atoms with E-state index in [4.69, 9.17) is 5.11 Å². The number of nitrogens with zero attached hydrogens (tertiary/aromatic N) is 1. The van der Waals surface area contributed by atoms with Gasteiger partial charge in [-0.25, -0.2) is 9.59 Å². The minimum absolute atomic E-state index is 0.182. The fraction of sp³-hybridized carbons (Fsp3) is 0.857. The summed E-state index contributed by atoms with van der Waals surface area (Å²) in [7, 11) is 1.61. The second-order valence-electron chi connectivity index (χ2n) is 6.00. The molecule has 0 saturated heterocycles. The van der Waals surface area contributed by atoms with Crippen molar-refractivity contribution in [3.63, 3.8) is 0 Å². The Labute approximate surface area is 120 Å². The first-order valence-corrected chi connectivity index (χ1v) is 7.27. The molecule has 0 heterocycles. The Kier molecular flexibility index (Phi) is 6.26. The Bertz CT molecular complexity index is 346. The van der Waals surface area contributed by atoms with Crippen molar-refractivity contribution in [2.24, 2.45) is 5.92 Å². The van der Waals surface area contributed by atoms with Crippen molar-refractivity contribution < 1.29 is 19.8 Å². The maximum Gasteiger partial charge on any atom is 0.326 e. The van der Waals surface area contributed by atoms with Crippen LogP contribution in [0.15, 0.2) is 0 Å². The van der Waals surface area contributed by atoms with E-state index in [9.17, 15) is 14.7 Å². The van der Waals surface area contributed by atoms with Gasteiger partial charge in [0.2, 0.25) is 0 Å². The van der Waals surface area contributed by atoms with Gasteiger partial charge in [-0.3, -0.25) is 0 Å². The highest BCUT2D eigenvalue weighted by atomic mass is 16.4. The summed E-state index contributed by atoms with van der Waals surface area (Å²) >= 11 is 0. The molecule has 2 unspecified atom stereocenters. The van der Waals surface area contributed by atoms with Crippen molar-refractivity contribution in [3.8, 4) is 0 Å². The van der Waals surface area contributed by atoms with Crippen molar-refractivity contribution in [3.05, 3.63) is 0 Å². The van der Waals surface area contributed by atoms with E-state index >= 15 is 0 Å². The summed E-state index contributed by atoms with van der Waals surface area (Å²) in [6.07, 6.45) is 3.27. The summed E-state index contributed by atoms with van der Waals surface area (Å²) in [5.74, 6) is -0.841. The lowest BCUT2D eigenvalue weighted by molar-refractivity contribution is -0.139. The third kappa shape index (κ3) is 4.67. The highest BCUT2D eigenvalue weighted by Gasteiger charge is 2.31. The van der Waals surface area contributed by atoms with Gasteiger partial charge in [-0.15, -0.1) is 0 Å². The van der Waals surface area contributed by atoms with E-state index in [1.165, 1.54) is 4.90 Å². The molecule has 0 radical (unpaired) electrons. The van der Waals surface area contributed by atoms with Crippen molar-refractivity contribution in [1.29, 1.82) is 0 Å². The normalized spacial score (nSPS) is 24.2. The molecule has 1 aliphatic rings. The molecular formula is C14H26N2O4. The van der Waals surface area contributed by atoms with Gasteiger partial charge in [-0.2, -0.15) is 0 Å². The van der Waals surface area contributed by atoms with Crippen molar-refractivity contribution >= 4 is 12.0 Å². The first kappa shape index (κ1) is 16.8. The van der Waals surface area contributed by atoms with Crippen LogP contribution in [0.4, 0.5) is 4.79 Å². The van der Waals surface area contributed by atoms with Crippen LogP contribution in [-0.4, -0.2) is 52.3 Å². The van der Waals surface area contributed by atoms with Crippen molar-refractivity contribution in [2.75, 3.05) is 7.05 Å². The maximum atomic E-state index is 12.1. The molecule has 2 amide bonds. The molecule has 1 saturated carbocycles. The first-order chi connectivity index (χ1) is 9.32. The smallest absolute Gasteiger partial charge is 0.326 e. The lowest BCUT2D eigenvalue weighted by Crippen LogP contribution is -2.53. The largest absolute Gasteiger partial charge is 0.480 e. The van der Waals surface area contributed by atoms with Gasteiger partial charge in [-0.1, -0.05) is 26.7 Å². The number of rotatable bonds is 5. The number of carbonyl (C=O) groups is 2. The third-order valence-electron chi connectivity index (χ3n) is 3.81. The van der Waals surface area contributed by atoms with Crippen LogP contribution in [0, 0.1) is 5.92 Å². The molecule has 6 heteroatoms. The van der Waals surface area contributed by atoms with Gasteiger partial charge >= 0.3 is 12.0 Å². The Morgan fingerprint density at radius 1 is 1.30 bits per heavy atom. The fourth-order valence-electron chi connectivity index (χ4n) is 2.64.